The molecule has 0 saturated carbocycles. The molecule has 0 bridgehead atoms. The van der Waals surface area contributed by atoms with Gasteiger partial charge >= 0.3 is 5.97 Å². The Bertz CT molecular complexity index is 325. The number of carboxylic acid groups (broad SMARTS) is 1. The zero-order valence-corrected chi connectivity index (χ0v) is 9.59. The van der Waals surface area contributed by atoms with Gasteiger partial charge in [0.1, 0.15) is 0 Å². The van der Waals surface area contributed by atoms with Crippen molar-refractivity contribution in [2.45, 2.75) is 25.0 Å². The van der Waals surface area contributed by atoms with E-state index in [0.29, 0.717) is 19.5 Å². The Morgan fingerprint density at radius 1 is 1.60 bits per heavy atom. The van der Waals surface area contributed by atoms with Crippen LogP contribution in [0.2, 0.25) is 0 Å². The van der Waals surface area contributed by atoms with Crippen molar-refractivity contribution in [1.29, 1.82) is 0 Å². The van der Waals surface area contributed by atoms with Gasteiger partial charge in [-0.25, -0.2) is 8.42 Å². The normalized spacial score (nSPS) is 26.3. The average molecular weight is 235 g/mol. The van der Waals surface area contributed by atoms with E-state index in [-0.39, 0.29) is 11.0 Å². The third-order valence-corrected chi connectivity index (χ3v) is 4.98. The Balaban J connectivity index is 2.29. The van der Waals surface area contributed by atoms with Gasteiger partial charge in [-0.1, -0.05) is 6.92 Å². The Kier molecular flexibility index (Phi) is 4.10. The van der Waals surface area contributed by atoms with Crippen molar-refractivity contribution in [3.05, 3.63) is 0 Å². The summed E-state index contributed by atoms with van der Waals surface area (Å²) in [5.41, 5.74) is 0. The van der Waals surface area contributed by atoms with E-state index >= 15 is 0 Å². The van der Waals surface area contributed by atoms with Gasteiger partial charge in [0, 0.05) is 13.1 Å². The molecule has 1 fully saturated rings. The molecule has 0 aromatic heterocycles. The monoisotopic (exact) mass is 235 g/mol. The number of aliphatic carboxylic acids is 1. The fraction of sp³-hybridized carbons (Fsp3) is 0.889. The second kappa shape index (κ2) is 4.94. The summed E-state index contributed by atoms with van der Waals surface area (Å²) in [7, 11) is -2.92. The fourth-order valence-electron chi connectivity index (χ4n) is 1.64. The Labute approximate surface area is 89.8 Å². The summed E-state index contributed by atoms with van der Waals surface area (Å²) in [6.45, 7) is 2.29. The van der Waals surface area contributed by atoms with Crippen LogP contribution in [-0.4, -0.2) is 43.6 Å². The molecule has 0 aliphatic carbocycles. The molecule has 2 N–H and O–H groups in total. The Hall–Kier alpha value is -0.620. The van der Waals surface area contributed by atoms with E-state index in [9.17, 15) is 13.2 Å². The first-order valence-corrected chi connectivity index (χ1v) is 6.80. The van der Waals surface area contributed by atoms with Crippen LogP contribution in [-0.2, 0) is 14.6 Å². The highest BCUT2D eigenvalue weighted by molar-refractivity contribution is 7.92. The van der Waals surface area contributed by atoms with Crippen LogP contribution in [0.25, 0.3) is 0 Å². The predicted molar refractivity (Wildman–Crippen MR) is 56.5 cm³/mol. The highest BCUT2D eigenvalue weighted by atomic mass is 32.2. The van der Waals surface area contributed by atoms with Crippen LogP contribution >= 0.6 is 0 Å². The topological polar surface area (TPSA) is 83.5 Å². The maximum absolute atomic E-state index is 11.4. The number of rotatable bonds is 5. The van der Waals surface area contributed by atoms with Crippen LogP contribution in [0.15, 0.2) is 0 Å². The summed E-state index contributed by atoms with van der Waals surface area (Å²) in [6, 6.07) is 0. The lowest BCUT2D eigenvalue weighted by atomic mass is 10.2. The van der Waals surface area contributed by atoms with Crippen LogP contribution in [0.5, 0.6) is 0 Å². The van der Waals surface area contributed by atoms with E-state index < -0.39 is 21.7 Å². The van der Waals surface area contributed by atoms with Crippen molar-refractivity contribution < 1.29 is 18.3 Å². The minimum atomic E-state index is -2.92. The zero-order chi connectivity index (χ0) is 11.5. The zero-order valence-electron chi connectivity index (χ0n) is 8.77. The van der Waals surface area contributed by atoms with Crippen LogP contribution in [0.1, 0.15) is 19.8 Å². The van der Waals surface area contributed by atoms with E-state index in [2.05, 4.69) is 5.32 Å². The van der Waals surface area contributed by atoms with Gasteiger partial charge in [0.15, 0.2) is 9.84 Å². The van der Waals surface area contributed by atoms with E-state index in [1.807, 2.05) is 0 Å². The van der Waals surface area contributed by atoms with Crippen molar-refractivity contribution in [2.24, 2.45) is 5.92 Å². The molecule has 2 unspecified atom stereocenters. The first-order valence-electron chi connectivity index (χ1n) is 5.08. The molecule has 88 valence electrons. The van der Waals surface area contributed by atoms with Gasteiger partial charge in [-0.05, 0) is 12.8 Å². The lowest BCUT2D eigenvalue weighted by Crippen LogP contribution is -2.34. The summed E-state index contributed by atoms with van der Waals surface area (Å²) < 4.78 is 22.8. The number of nitrogens with one attached hydrogen (secondary N) is 1. The number of hydrogen-bond donors (Lipinski definition) is 2. The van der Waals surface area contributed by atoms with Crippen molar-refractivity contribution in [3.63, 3.8) is 0 Å². The van der Waals surface area contributed by atoms with E-state index in [0.717, 1.165) is 6.42 Å². The van der Waals surface area contributed by atoms with Gasteiger partial charge in [-0.3, -0.25) is 4.79 Å². The second-order valence-corrected chi connectivity index (χ2v) is 6.43. The number of hydrogen-bond acceptors (Lipinski definition) is 4. The molecular formula is C9H17NO4S. The Morgan fingerprint density at radius 2 is 2.27 bits per heavy atom. The van der Waals surface area contributed by atoms with Gasteiger partial charge in [-0.15, -0.1) is 0 Å². The molecule has 0 radical (unpaired) electrons. The second-order valence-electron chi connectivity index (χ2n) is 4.03. The van der Waals surface area contributed by atoms with Crippen molar-refractivity contribution in [3.8, 4) is 0 Å². The largest absolute Gasteiger partial charge is 0.481 e. The van der Waals surface area contributed by atoms with Gasteiger partial charge in [0.25, 0.3) is 0 Å². The van der Waals surface area contributed by atoms with Gasteiger partial charge in [-0.2, -0.15) is 0 Å². The summed E-state index contributed by atoms with van der Waals surface area (Å²) >= 11 is 0. The first-order chi connectivity index (χ1) is 6.93. The molecule has 1 saturated heterocycles. The maximum atomic E-state index is 11.4. The van der Waals surface area contributed by atoms with Crippen LogP contribution in [0.3, 0.4) is 0 Å². The minimum absolute atomic E-state index is 0.272. The predicted octanol–water partition coefficient (Wildman–Crippen LogP) is -0.126. The van der Waals surface area contributed by atoms with E-state index in [4.69, 9.17) is 5.11 Å². The third-order valence-electron chi connectivity index (χ3n) is 2.71. The Morgan fingerprint density at radius 3 is 2.73 bits per heavy atom. The molecule has 0 spiro atoms. The fourth-order valence-corrected chi connectivity index (χ4v) is 3.44. The van der Waals surface area contributed by atoms with Crippen molar-refractivity contribution >= 4 is 15.8 Å². The highest BCUT2D eigenvalue weighted by Gasteiger charge is 2.30. The van der Waals surface area contributed by atoms with E-state index in [1.165, 1.54) is 0 Å². The molecule has 0 amide bonds. The minimum Gasteiger partial charge on any atom is -0.481 e. The molecule has 5 nitrogen and oxygen atoms in total. The standard InChI is InChI=1S/C9H17NO4S/c1-7(9(11)12)5-10-6-8-3-2-4-15(8,13)14/h7-8,10H,2-6H2,1H3,(H,11,12). The molecule has 2 atom stereocenters. The number of carbonyl (C=O) groups is 1. The SMILES string of the molecule is CC(CNCC1CCCS1(=O)=O)C(=O)O. The van der Waals surface area contributed by atoms with Crippen molar-refractivity contribution in [1.82, 2.24) is 5.32 Å². The highest BCUT2D eigenvalue weighted by Crippen LogP contribution is 2.18. The van der Waals surface area contributed by atoms with Crippen LogP contribution in [0.4, 0.5) is 0 Å². The molecule has 1 rings (SSSR count). The van der Waals surface area contributed by atoms with Crippen molar-refractivity contribution in [2.75, 3.05) is 18.8 Å². The smallest absolute Gasteiger partial charge is 0.307 e. The molecule has 1 heterocycles. The van der Waals surface area contributed by atoms with E-state index in [1.54, 1.807) is 6.92 Å². The van der Waals surface area contributed by atoms with Gasteiger partial charge < -0.3 is 10.4 Å². The summed E-state index contributed by atoms with van der Waals surface area (Å²) in [5.74, 6) is -1.07. The molecule has 1 aliphatic rings. The molecule has 15 heavy (non-hydrogen) atoms. The summed E-state index contributed by atoms with van der Waals surface area (Å²) in [5, 5.41) is 11.2. The molecule has 1 aliphatic heterocycles. The molecule has 6 heteroatoms. The summed E-state index contributed by atoms with van der Waals surface area (Å²) in [4.78, 5) is 10.5. The van der Waals surface area contributed by atoms with Gasteiger partial charge in [0.2, 0.25) is 0 Å². The quantitative estimate of drug-likeness (QED) is 0.693. The number of sulfone groups is 1. The lowest BCUT2D eigenvalue weighted by molar-refractivity contribution is -0.140. The lowest BCUT2D eigenvalue weighted by Gasteiger charge is -2.12. The molecule has 0 aromatic carbocycles. The molecular weight excluding hydrogens is 218 g/mol. The van der Waals surface area contributed by atoms with Crippen LogP contribution in [0, 0.1) is 5.92 Å². The van der Waals surface area contributed by atoms with Crippen LogP contribution < -0.4 is 5.32 Å². The first kappa shape index (κ1) is 12.4. The third kappa shape index (κ3) is 3.46. The summed E-state index contributed by atoms with van der Waals surface area (Å²) in [6.07, 6.45) is 1.42. The maximum Gasteiger partial charge on any atom is 0.307 e. The average Bonchev–Trinajstić information content (AvgIpc) is 2.45. The number of carboxylic acids is 1. The van der Waals surface area contributed by atoms with Gasteiger partial charge in [0.05, 0.1) is 16.9 Å². The molecule has 0 aromatic rings.